The van der Waals surface area contributed by atoms with Crippen LogP contribution in [0.3, 0.4) is 0 Å². The van der Waals surface area contributed by atoms with Crippen LogP contribution in [0, 0.1) is 0 Å². The summed E-state index contributed by atoms with van der Waals surface area (Å²) in [6.07, 6.45) is 0.0757. The Morgan fingerprint density at radius 2 is 1.74 bits per heavy atom. The van der Waals surface area contributed by atoms with E-state index in [1.807, 2.05) is 37.3 Å². The van der Waals surface area contributed by atoms with E-state index >= 15 is 0 Å². The molecule has 1 heterocycles. The number of alkyl halides is 3. The van der Waals surface area contributed by atoms with Crippen molar-refractivity contribution in [3.05, 3.63) is 108 Å². The summed E-state index contributed by atoms with van der Waals surface area (Å²) in [5.74, 6) is -0.292. The molecule has 0 fully saturated rings. The van der Waals surface area contributed by atoms with Crippen molar-refractivity contribution in [3.8, 4) is 16.8 Å². The first kappa shape index (κ1) is 23.3. The highest BCUT2D eigenvalue weighted by atomic mass is 19.4. The van der Waals surface area contributed by atoms with Crippen molar-refractivity contribution in [2.24, 2.45) is 0 Å². The van der Waals surface area contributed by atoms with Crippen LogP contribution in [0.15, 0.2) is 91.4 Å². The summed E-state index contributed by atoms with van der Waals surface area (Å²) in [6, 6.07) is 22.1. The van der Waals surface area contributed by atoms with Crippen LogP contribution < -0.4 is 5.32 Å². The first-order chi connectivity index (χ1) is 16.3. The molecule has 4 aromatic rings. The second kappa shape index (κ2) is 9.95. The van der Waals surface area contributed by atoms with Crippen LogP contribution in [-0.2, 0) is 12.6 Å². The van der Waals surface area contributed by atoms with Gasteiger partial charge in [-0.15, -0.1) is 0 Å². The summed E-state index contributed by atoms with van der Waals surface area (Å²) in [5, 5.41) is 2.99. The predicted molar refractivity (Wildman–Crippen MR) is 126 cm³/mol. The topological polar surface area (TPSA) is 46.9 Å². The standard InChI is InChI=1S/C27H24F3N3O/c1-19(14-15-20-8-3-2-4-9-20)32-26(34)25-17-31-18-33(25)22-11-7-10-21(16-22)23-12-5-6-13-24(23)27(28,29)30/h2-13,16-19H,14-15H2,1H3,(H,32,34)/t19-/m1/s1. The molecular formula is C27H24F3N3O. The Morgan fingerprint density at radius 3 is 2.50 bits per heavy atom. The van der Waals surface area contributed by atoms with Gasteiger partial charge in [0.2, 0.25) is 0 Å². The lowest BCUT2D eigenvalue weighted by Crippen LogP contribution is -2.34. The van der Waals surface area contributed by atoms with Crippen molar-refractivity contribution >= 4 is 5.91 Å². The number of benzene rings is 3. The fourth-order valence-electron chi connectivity index (χ4n) is 3.87. The minimum atomic E-state index is -4.47. The molecule has 1 amide bonds. The van der Waals surface area contributed by atoms with Gasteiger partial charge in [0, 0.05) is 11.7 Å². The monoisotopic (exact) mass is 463 g/mol. The average molecular weight is 464 g/mol. The quantitative estimate of drug-likeness (QED) is 0.349. The second-order valence-corrected chi connectivity index (χ2v) is 8.14. The lowest BCUT2D eigenvalue weighted by atomic mass is 9.99. The fourth-order valence-corrected chi connectivity index (χ4v) is 3.87. The summed E-state index contributed by atoms with van der Waals surface area (Å²) in [6.45, 7) is 1.94. The molecule has 1 aromatic heterocycles. The molecule has 4 nitrogen and oxygen atoms in total. The van der Waals surface area contributed by atoms with E-state index in [1.165, 1.54) is 30.2 Å². The lowest BCUT2D eigenvalue weighted by Gasteiger charge is -2.16. The Kier molecular flexibility index (Phi) is 6.82. The minimum absolute atomic E-state index is 0.0685. The number of halogens is 3. The highest BCUT2D eigenvalue weighted by Gasteiger charge is 2.33. The number of amides is 1. The maximum absolute atomic E-state index is 13.5. The van der Waals surface area contributed by atoms with Crippen LogP contribution in [0.4, 0.5) is 13.2 Å². The van der Waals surface area contributed by atoms with E-state index in [1.54, 1.807) is 34.9 Å². The number of nitrogens with zero attached hydrogens (tertiary/aromatic N) is 2. The molecule has 34 heavy (non-hydrogen) atoms. The van der Waals surface area contributed by atoms with Gasteiger partial charge in [0.15, 0.2) is 0 Å². The molecule has 0 aliphatic heterocycles. The Hall–Kier alpha value is -3.87. The van der Waals surface area contributed by atoms with E-state index in [0.717, 1.165) is 18.9 Å². The van der Waals surface area contributed by atoms with Gasteiger partial charge in [0.1, 0.15) is 5.69 Å². The van der Waals surface area contributed by atoms with Gasteiger partial charge >= 0.3 is 6.18 Å². The van der Waals surface area contributed by atoms with Crippen molar-refractivity contribution in [1.29, 1.82) is 0 Å². The van der Waals surface area contributed by atoms with Crippen molar-refractivity contribution in [1.82, 2.24) is 14.9 Å². The third-order valence-electron chi connectivity index (χ3n) is 5.63. The number of hydrogen-bond donors (Lipinski definition) is 1. The van der Waals surface area contributed by atoms with Crippen LogP contribution in [0.5, 0.6) is 0 Å². The van der Waals surface area contributed by atoms with Crippen molar-refractivity contribution in [2.45, 2.75) is 32.0 Å². The largest absolute Gasteiger partial charge is 0.417 e. The Balaban J connectivity index is 1.53. The van der Waals surface area contributed by atoms with Gasteiger partial charge in [-0.25, -0.2) is 4.98 Å². The van der Waals surface area contributed by atoms with Crippen LogP contribution in [0.25, 0.3) is 16.8 Å². The fraction of sp³-hybridized carbons (Fsp3) is 0.185. The zero-order valence-electron chi connectivity index (χ0n) is 18.6. The van der Waals surface area contributed by atoms with E-state index in [4.69, 9.17) is 0 Å². The number of carbonyl (C=O) groups excluding carboxylic acids is 1. The van der Waals surface area contributed by atoms with Gasteiger partial charge in [-0.05, 0) is 54.7 Å². The minimum Gasteiger partial charge on any atom is -0.348 e. The highest BCUT2D eigenvalue weighted by Crippen LogP contribution is 2.37. The predicted octanol–water partition coefficient (Wildman–Crippen LogP) is 6.31. The van der Waals surface area contributed by atoms with E-state index in [0.29, 0.717) is 16.9 Å². The molecule has 174 valence electrons. The number of nitrogens with one attached hydrogen (secondary N) is 1. The van der Waals surface area contributed by atoms with E-state index in [9.17, 15) is 18.0 Å². The number of aryl methyl sites for hydroxylation is 1. The average Bonchev–Trinajstić information content (AvgIpc) is 3.33. The third kappa shape index (κ3) is 5.36. The number of hydrogen-bond acceptors (Lipinski definition) is 2. The van der Waals surface area contributed by atoms with Crippen LogP contribution in [0.1, 0.15) is 35.0 Å². The molecule has 0 spiro atoms. The molecule has 3 aromatic carbocycles. The maximum Gasteiger partial charge on any atom is 0.417 e. The summed E-state index contributed by atoms with van der Waals surface area (Å²) in [7, 11) is 0. The molecule has 0 aliphatic rings. The number of rotatable bonds is 7. The van der Waals surface area contributed by atoms with Gasteiger partial charge < -0.3 is 5.32 Å². The summed E-state index contributed by atoms with van der Waals surface area (Å²) >= 11 is 0. The SMILES string of the molecule is C[C@H](CCc1ccccc1)NC(=O)c1cncn1-c1cccc(-c2ccccc2C(F)(F)F)c1. The summed E-state index contributed by atoms with van der Waals surface area (Å²) < 4.78 is 42.1. The molecule has 7 heteroatoms. The smallest absolute Gasteiger partial charge is 0.348 e. The summed E-state index contributed by atoms with van der Waals surface area (Å²) in [4.78, 5) is 17.0. The van der Waals surface area contributed by atoms with Crippen LogP contribution in [0.2, 0.25) is 0 Å². The first-order valence-electron chi connectivity index (χ1n) is 11.0. The molecule has 0 saturated carbocycles. The first-order valence-corrected chi connectivity index (χ1v) is 11.0. The van der Waals surface area contributed by atoms with E-state index in [2.05, 4.69) is 10.3 Å². The molecule has 0 unspecified atom stereocenters. The lowest BCUT2D eigenvalue weighted by molar-refractivity contribution is -0.137. The number of carbonyl (C=O) groups is 1. The van der Waals surface area contributed by atoms with Gasteiger partial charge in [-0.1, -0.05) is 60.7 Å². The second-order valence-electron chi connectivity index (χ2n) is 8.14. The number of aromatic nitrogens is 2. The Morgan fingerprint density at radius 1 is 1.00 bits per heavy atom. The number of imidazole rings is 1. The molecule has 0 bridgehead atoms. The molecule has 4 rings (SSSR count). The zero-order chi connectivity index (χ0) is 24.1. The summed E-state index contributed by atoms with van der Waals surface area (Å²) in [5.41, 5.74) is 1.84. The Bertz CT molecular complexity index is 1270. The van der Waals surface area contributed by atoms with Gasteiger partial charge in [-0.3, -0.25) is 9.36 Å². The third-order valence-corrected chi connectivity index (χ3v) is 5.63. The molecule has 1 N–H and O–H groups in total. The zero-order valence-corrected chi connectivity index (χ0v) is 18.6. The van der Waals surface area contributed by atoms with Crippen molar-refractivity contribution in [3.63, 3.8) is 0 Å². The van der Waals surface area contributed by atoms with E-state index in [-0.39, 0.29) is 17.5 Å². The van der Waals surface area contributed by atoms with Crippen LogP contribution >= 0.6 is 0 Å². The normalized spacial score (nSPS) is 12.4. The maximum atomic E-state index is 13.5. The molecule has 0 radical (unpaired) electrons. The Labute approximate surface area is 196 Å². The molecule has 1 atom stereocenters. The molecule has 0 aliphatic carbocycles. The highest BCUT2D eigenvalue weighted by molar-refractivity contribution is 5.93. The van der Waals surface area contributed by atoms with Gasteiger partial charge in [0.05, 0.1) is 18.1 Å². The van der Waals surface area contributed by atoms with Crippen molar-refractivity contribution < 1.29 is 18.0 Å². The molecule has 0 saturated heterocycles. The molecular weight excluding hydrogens is 439 g/mol. The van der Waals surface area contributed by atoms with E-state index < -0.39 is 11.7 Å². The van der Waals surface area contributed by atoms with Gasteiger partial charge in [-0.2, -0.15) is 13.2 Å². The van der Waals surface area contributed by atoms with Crippen molar-refractivity contribution in [2.75, 3.05) is 0 Å². The van der Waals surface area contributed by atoms with Crippen LogP contribution in [-0.4, -0.2) is 21.5 Å². The van der Waals surface area contributed by atoms with Gasteiger partial charge in [0.25, 0.3) is 5.91 Å².